The smallest absolute Gasteiger partial charge is 0.164 e. The summed E-state index contributed by atoms with van der Waals surface area (Å²) in [4.78, 5) is 12.3. The SMILES string of the molecule is COc1ccc(C2=CC(c3ccc(OC)cc3)CC2=O)cc1. The van der Waals surface area contributed by atoms with Crippen molar-refractivity contribution >= 4 is 11.4 Å². The van der Waals surface area contributed by atoms with E-state index >= 15 is 0 Å². The van der Waals surface area contributed by atoms with Crippen LogP contribution in [0.25, 0.3) is 5.57 Å². The third-order valence-corrected chi connectivity index (χ3v) is 4.02. The fraction of sp³-hybridized carbons (Fsp3) is 0.211. The average molecular weight is 294 g/mol. The summed E-state index contributed by atoms with van der Waals surface area (Å²) in [5.41, 5.74) is 2.88. The van der Waals surface area contributed by atoms with E-state index in [1.54, 1.807) is 14.2 Å². The Hall–Kier alpha value is -2.55. The van der Waals surface area contributed by atoms with Crippen molar-refractivity contribution in [1.29, 1.82) is 0 Å². The van der Waals surface area contributed by atoms with Gasteiger partial charge in [-0.2, -0.15) is 0 Å². The molecule has 0 fully saturated rings. The molecule has 0 heterocycles. The Morgan fingerprint density at radius 1 is 0.864 bits per heavy atom. The molecular weight excluding hydrogens is 276 g/mol. The van der Waals surface area contributed by atoms with Crippen molar-refractivity contribution in [2.75, 3.05) is 14.2 Å². The van der Waals surface area contributed by atoms with Gasteiger partial charge in [-0.15, -0.1) is 0 Å². The number of carbonyl (C=O) groups is 1. The number of ketones is 1. The quantitative estimate of drug-likeness (QED) is 0.859. The molecule has 3 nitrogen and oxygen atoms in total. The lowest BCUT2D eigenvalue weighted by Gasteiger charge is -2.07. The van der Waals surface area contributed by atoms with Crippen molar-refractivity contribution in [2.45, 2.75) is 12.3 Å². The van der Waals surface area contributed by atoms with Crippen LogP contribution in [0.1, 0.15) is 23.5 Å². The first-order valence-corrected chi connectivity index (χ1v) is 7.24. The van der Waals surface area contributed by atoms with E-state index in [-0.39, 0.29) is 11.7 Å². The molecule has 3 heteroatoms. The second-order valence-electron chi connectivity index (χ2n) is 5.32. The minimum absolute atomic E-state index is 0.135. The third-order valence-electron chi connectivity index (χ3n) is 4.02. The number of carbonyl (C=O) groups excluding carboxylic acids is 1. The van der Waals surface area contributed by atoms with Crippen molar-refractivity contribution in [3.8, 4) is 11.5 Å². The van der Waals surface area contributed by atoms with Crippen LogP contribution in [0.2, 0.25) is 0 Å². The highest BCUT2D eigenvalue weighted by Crippen LogP contribution is 2.36. The molecule has 2 aromatic carbocycles. The highest BCUT2D eigenvalue weighted by Gasteiger charge is 2.26. The molecule has 0 bridgehead atoms. The van der Waals surface area contributed by atoms with Crippen LogP contribution in [0.4, 0.5) is 0 Å². The highest BCUT2D eigenvalue weighted by atomic mass is 16.5. The largest absolute Gasteiger partial charge is 0.497 e. The lowest BCUT2D eigenvalue weighted by molar-refractivity contribution is -0.113. The second kappa shape index (κ2) is 6.06. The van der Waals surface area contributed by atoms with Gasteiger partial charge in [0.2, 0.25) is 0 Å². The summed E-state index contributed by atoms with van der Waals surface area (Å²) >= 11 is 0. The van der Waals surface area contributed by atoms with Crippen LogP contribution in [0.15, 0.2) is 54.6 Å². The minimum atomic E-state index is 0.135. The molecule has 2 aromatic rings. The first-order chi connectivity index (χ1) is 10.7. The highest BCUT2D eigenvalue weighted by molar-refractivity contribution is 6.23. The summed E-state index contributed by atoms with van der Waals surface area (Å²) < 4.78 is 10.3. The van der Waals surface area contributed by atoms with Crippen molar-refractivity contribution in [2.24, 2.45) is 0 Å². The van der Waals surface area contributed by atoms with Gasteiger partial charge in [-0.1, -0.05) is 30.3 Å². The number of hydrogen-bond acceptors (Lipinski definition) is 3. The van der Waals surface area contributed by atoms with Crippen LogP contribution in [-0.4, -0.2) is 20.0 Å². The van der Waals surface area contributed by atoms with Gasteiger partial charge in [0.15, 0.2) is 5.78 Å². The van der Waals surface area contributed by atoms with Gasteiger partial charge in [0, 0.05) is 17.9 Å². The van der Waals surface area contributed by atoms with E-state index in [4.69, 9.17) is 9.47 Å². The predicted molar refractivity (Wildman–Crippen MR) is 86.3 cm³/mol. The second-order valence-corrected chi connectivity index (χ2v) is 5.32. The molecule has 0 spiro atoms. The summed E-state index contributed by atoms with van der Waals surface area (Å²) in [6.07, 6.45) is 2.58. The molecule has 0 saturated carbocycles. The van der Waals surface area contributed by atoms with Gasteiger partial charge in [-0.25, -0.2) is 0 Å². The van der Waals surface area contributed by atoms with Crippen LogP contribution >= 0.6 is 0 Å². The monoisotopic (exact) mass is 294 g/mol. The molecule has 0 aromatic heterocycles. The predicted octanol–water partition coefficient (Wildman–Crippen LogP) is 3.84. The molecule has 0 N–H and O–H groups in total. The Bertz CT molecular complexity index is 696. The number of Topliss-reactive ketones (excluding diaryl/α,β-unsaturated/α-hetero) is 1. The molecule has 0 radical (unpaired) electrons. The molecule has 1 aliphatic carbocycles. The topological polar surface area (TPSA) is 35.5 Å². The van der Waals surface area contributed by atoms with Crippen LogP contribution in [0.5, 0.6) is 11.5 Å². The fourth-order valence-electron chi connectivity index (χ4n) is 2.76. The molecule has 22 heavy (non-hydrogen) atoms. The Balaban J connectivity index is 1.86. The van der Waals surface area contributed by atoms with Crippen LogP contribution in [0, 0.1) is 0 Å². The summed E-state index contributed by atoms with van der Waals surface area (Å²) in [6, 6.07) is 15.5. The normalized spacial score (nSPS) is 17.3. The van der Waals surface area contributed by atoms with E-state index in [1.807, 2.05) is 48.5 Å². The average Bonchev–Trinajstić information content (AvgIpc) is 2.97. The minimum Gasteiger partial charge on any atom is -0.497 e. The number of ether oxygens (including phenoxy) is 2. The standard InChI is InChI=1S/C19H18O3/c1-21-16-7-3-13(4-8-16)15-11-18(19(20)12-15)14-5-9-17(22-2)10-6-14/h3-11,15H,12H2,1-2H3. The van der Waals surface area contributed by atoms with Crippen LogP contribution in [-0.2, 0) is 4.79 Å². The first-order valence-electron chi connectivity index (χ1n) is 7.24. The zero-order valence-corrected chi connectivity index (χ0v) is 12.7. The number of hydrogen-bond donors (Lipinski definition) is 0. The van der Waals surface area contributed by atoms with Crippen molar-refractivity contribution in [1.82, 2.24) is 0 Å². The van der Waals surface area contributed by atoms with Gasteiger partial charge in [0.05, 0.1) is 14.2 Å². The van der Waals surface area contributed by atoms with E-state index in [0.29, 0.717) is 6.42 Å². The molecular formula is C19H18O3. The summed E-state index contributed by atoms with van der Waals surface area (Å²) in [5.74, 6) is 1.94. The molecule has 0 aliphatic heterocycles. The van der Waals surface area contributed by atoms with E-state index in [0.717, 1.165) is 28.2 Å². The molecule has 0 amide bonds. The first kappa shape index (κ1) is 14.4. The van der Waals surface area contributed by atoms with Crippen molar-refractivity contribution < 1.29 is 14.3 Å². The molecule has 1 atom stereocenters. The summed E-state index contributed by atoms with van der Waals surface area (Å²) in [6.45, 7) is 0. The van der Waals surface area contributed by atoms with E-state index < -0.39 is 0 Å². The zero-order valence-electron chi connectivity index (χ0n) is 12.7. The van der Waals surface area contributed by atoms with Crippen LogP contribution < -0.4 is 9.47 Å². The van der Waals surface area contributed by atoms with E-state index in [9.17, 15) is 4.79 Å². The number of benzene rings is 2. The van der Waals surface area contributed by atoms with E-state index in [2.05, 4.69) is 6.08 Å². The van der Waals surface area contributed by atoms with E-state index in [1.165, 1.54) is 0 Å². The molecule has 1 unspecified atom stereocenters. The van der Waals surface area contributed by atoms with Gasteiger partial charge >= 0.3 is 0 Å². The Labute approximate surface area is 130 Å². The van der Waals surface area contributed by atoms with Crippen molar-refractivity contribution in [3.05, 3.63) is 65.7 Å². The molecule has 0 saturated heterocycles. The van der Waals surface area contributed by atoms with Gasteiger partial charge < -0.3 is 9.47 Å². The lowest BCUT2D eigenvalue weighted by atomic mass is 9.99. The Kier molecular flexibility index (Phi) is 3.96. The van der Waals surface area contributed by atoms with Gasteiger partial charge in [0.1, 0.15) is 11.5 Å². The fourth-order valence-corrected chi connectivity index (χ4v) is 2.76. The maximum absolute atomic E-state index is 12.3. The Morgan fingerprint density at radius 2 is 1.41 bits per heavy atom. The number of allylic oxidation sites excluding steroid dienone is 2. The third kappa shape index (κ3) is 2.75. The molecule has 3 rings (SSSR count). The Morgan fingerprint density at radius 3 is 1.95 bits per heavy atom. The van der Waals surface area contributed by atoms with Gasteiger partial charge in [0.25, 0.3) is 0 Å². The number of rotatable bonds is 4. The van der Waals surface area contributed by atoms with Crippen LogP contribution in [0.3, 0.4) is 0 Å². The summed E-state index contributed by atoms with van der Waals surface area (Å²) in [7, 11) is 3.28. The lowest BCUT2D eigenvalue weighted by Crippen LogP contribution is -1.98. The zero-order chi connectivity index (χ0) is 15.5. The van der Waals surface area contributed by atoms with Gasteiger partial charge in [-0.05, 0) is 35.4 Å². The maximum atomic E-state index is 12.3. The maximum Gasteiger partial charge on any atom is 0.164 e. The summed E-state index contributed by atoms with van der Waals surface area (Å²) in [5, 5.41) is 0. The van der Waals surface area contributed by atoms with Crippen molar-refractivity contribution in [3.63, 3.8) is 0 Å². The molecule has 1 aliphatic rings. The number of methoxy groups -OCH3 is 2. The van der Waals surface area contributed by atoms with Gasteiger partial charge in [-0.3, -0.25) is 4.79 Å². The molecule has 112 valence electrons.